The van der Waals surface area contributed by atoms with E-state index in [2.05, 4.69) is 9.88 Å². The summed E-state index contributed by atoms with van der Waals surface area (Å²) in [6.07, 6.45) is 1.41. The second-order valence-electron chi connectivity index (χ2n) is 7.79. The summed E-state index contributed by atoms with van der Waals surface area (Å²) < 4.78 is 5.27. The maximum atomic E-state index is 12.7. The van der Waals surface area contributed by atoms with Crippen LogP contribution in [-0.2, 0) is 25.8 Å². The maximum absolute atomic E-state index is 12.7. The lowest BCUT2D eigenvalue weighted by atomic mass is 10.0. The highest BCUT2D eigenvalue weighted by Gasteiger charge is 2.23. The molecule has 0 saturated heterocycles. The zero-order chi connectivity index (χ0) is 20.9. The second kappa shape index (κ2) is 9.24. The fraction of sp³-hybridized carbons (Fsp3) is 0.333. The molecule has 0 unspecified atom stereocenters. The number of H-pyrrole nitrogens is 1. The molecule has 3 aromatic rings. The van der Waals surface area contributed by atoms with Crippen LogP contribution >= 0.6 is 0 Å². The van der Waals surface area contributed by atoms with Crippen molar-refractivity contribution in [2.75, 3.05) is 20.2 Å². The van der Waals surface area contributed by atoms with Crippen LogP contribution in [-0.4, -0.2) is 46.3 Å². The minimum absolute atomic E-state index is 0.0832. The van der Waals surface area contributed by atoms with Gasteiger partial charge < -0.3 is 14.8 Å². The predicted molar refractivity (Wildman–Crippen MR) is 116 cm³/mol. The van der Waals surface area contributed by atoms with Crippen molar-refractivity contribution in [3.63, 3.8) is 0 Å². The molecular formula is C24H27N3O3. The lowest BCUT2D eigenvalue weighted by Gasteiger charge is -2.29. The summed E-state index contributed by atoms with van der Waals surface area (Å²) >= 11 is 0. The summed E-state index contributed by atoms with van der Waals surface area (Å²) in [7, 11) is 1.64. The summed E-state index contributed by atoms with van der Waals surface area (Å²) in [5.74, 6) is 1.46. The number of aliphatic hydroxyl groups is 1. The van der Waals surface area contributed by atoms with Gasteiger partial charge in [0.2, 0.25) is 0 Å². The molecule has 1 aliphatic rings. The first-order valence-corrected chi connectivity index (χ1v) is 10.3. The highest BCUT2D eigenvalue weighted by Crippen LogP contribution is 2.18. The minimum Gasteiger partial charge on any atom is -0.497 e. The first-order valence-electron chi connectivity index (χ1n) is 10.3. The first kappa shape index (κ1) is 20.3. The average Bonchev–Trinajstić information content (AvgIpc) is 2.75. The second-order valence-corrected chi connectivity index (χ2v) is 7.79. The fourth-order valence-corrected chi connectivity index (χ4v) is 4.00. The smallest absolute Gasteiger partial charge is 0.255 e. The Labute approximate surface area is 176 Å². The monoisotopic (exact) mass is 405 g/mol. The van der Waals surface area contributed by atoms with Gasteiger partial charge >= 0.3 is 0 Å². The Hall–Kier alpha value is -2.96. The van der Waals surface area contributed by atoms with Crippen LogP contribution in [0.15, 0.2) is 59.4 Å². The molecule has 1 atom stereocenters. The maximum Gasteiger partial charge on any atom is 0.255 e. The van der Waals surface area contributed by atoms with Gasteiger partial charge in [0.15, 0.2) is 0 Å². The van der Waals surface area contributed by atoms with Crippen LogP contribution in [0.2, 0.25) is 0 Å². The van der Waals surface area contributed by atoms with Crippen LogP contribution in [0.4, 0.5) is 0 Å². The van der Waals surface area contributed by atoms with Crippen molar-refractivity contribution < 1.29 is 9.84 Å². The van der Waals surface area contributed by atoms with Gasteiger partial charge in [-0.25, -0.2) is 4.98 Å². The average molecular weight is 405 g/mol. The molecule has 0 fully saturated rings. The highest BCUT2D eigenvalue weighted by molar-refractivity contribution is 5.31. The topological polar surface area (TPSA) is 78.5 Å². The third kappa shape index (κ3) is 4.96. The van der Waals surface area contributed by atoms with Gasteiger partial charge in [0.25, 0.3) is 5.56 Å². The summed E-state index contributed by atoms with van der Waals surface area (Å²) in [5, 5.41) is 10.5. The molecule has 0 spiro atoms. The Kier molecular flexibility index (Phi) is 6.26. The van der Waals surface area contributed by atoms with Crippen molar-refractivity contribution >= 4 is 0 Å². The Bertz CT molecular complexity index is 1050. The van der Waals surface area contributed by atoms with Crippen molar-refractivity contribution in [3.05, 3.63) is 93.2 Å². The standard InChI is InChI=1S/C24H27N3O3/c1-30-20-9-5-8-18(13-20)14-23-25-22-10-11-27(16-21(22)24(29)26-23)15-19(28)12-17-6-3-2-4-7-17/h2-9,13,19,28H,10-12,14-16H2,1H3,(H,25,26,29)/t19-/m1/s1. The van der Waals surface area contributed by atoms with Gasteiger partial charge in [-0.2, -0.15) is 0 Å². The molecule has 30 heavy (non-hydrogen) atoms. The third-order valence-electron chi connectivity index (χ3n) is 5.49. The Morgan fingerprint density at radius 2 is 1.97 bits per heavy atom. The number of β-amino-alcohol motifs (C(OH)–C–C–N with tert-alkyl or cyclic N) is 1. The van der Waals surface area contributed by atoms with Crippen LogP contribution in [0.3, 0.4) is 0 Å². The van der Waals surface area contributed by atoms with Gasteiger partial charge in [-0.15, -0.1) is 0 Å². The molecule has 156 valence electrons. The van der Waals surface area contributed by atoms with Gasteiger partial charge in [0.05, 0.1) is 24.5 Å². The molecular weight excluding hydrogens is 378 g/mol. The number of rotatable bonds is 7. The molecule has 0 saturated carbocycles. The number of nitrogens with one attached hydrogen (secondary N) is 1. The van der Waals surface area contributed by atoms with Crippen molar-refractivity contribution in [2.45, 2.75) is 31.9 Å². The Morgan fingerprint density at radius 1 is 1.17 bits per heavy atom. The number of ether oxygens (including phenoxy) is 1. The number of nitrogens with zero attached hydrogens (tertiary/aromatic N) is 2. The number of benzene rings is 2. The van der Waals surface area contributed by atoms with E-state index in [-0.39, 0.29) is 5.56 Å². The van der Waals surface area contributed by atoms with E-state index in [0.29, 0.717) is 43.7 Å². The SMILES string of the molecule is COc1cccc(Cc2nc3c(c(=O)[nH]2)CN(C[C@H](O)Cc2ccccc2)CC3)c1. The van der Waals surface area contributed by atoms with Crippen LogP contribution in [0.5, 0.6) is 5.75 Å². The summed E-state index contributed by atoms with van der Waals surface area (Å²) in [5.41, 5.74) is 3.65. The molecule has 4 rings (SSSR count). The fourth-order valence-electron chi connectivity index (χ4n) is 4.00. The number of methoxy groups -OCH3 is 1. The number of aromatic nitrogens is 2. The third-order valence-corrected chi connectivity index (χ3v) is 5.49. The molecule has 2 aromatic carbocycles. The highest BCUT2D eigenvalue weighted by atomic mass is 16.5. The molecule has 0 bridgehead atoms. The number of hydrogen-bond acceptors (Lipinski definition) is 5. The summed E-state index contributed by atoms with van der Waals surface area (Å²) in [6, 6.07) is 17.8. The quantitative estimate of drug-likeness (QED) is 0.631. The molecule has 2 N–H and O–H groups in total. The van der Waals surface area contributed by atoms with Crippen molar-refractivity contribution in [2.24, 2.45) is 0 Å². The van der Waals surface area contributed by atoms with E-state index in [0.717, 1.165) is 29.1 Å². The van der Waals surface area contributed by atoms with E-state index in [1.54, 1.807) is 7.11 Å². The molecule has 1 aromatic heterocycles. The number of fused-ring (bicyclic) bond motifs is 1. The van der Waals surface area contributed by atoms with Gasteiger partial charge in [0.1, 0.15) is 11.6 Å². The van der Waals surface area contributed by atoms with Crippen LogP contribution < -0.4 is 10.3 Å². The number of hydrogen-bond donors (Lipinski definition) is 2. The lowest BCUT2D eigenvalue weighted by molar-refractivity contribution is 0.105. The molecule has 0 radical (unpaired) electrons. The van der Waals surface area contributed by atoms with Crippen molar-refractivity contribution in [1.82, 2.24) is 14.9 Å². The first-order chi connectivity index (χ1) is 14.6. The molecule has 1 aliphatic heterocycles. The zero-order valence-corrected chi connectivity index (χ0v) is 17.2. The van der Waals surface area contributed by atoms with Gasteiger partial charge in [-0.05, 0) is 29.7 Å². The van der Waals surface area contributed by atoms with Gasteiger partial charge in [-0.3, -0.25) is 9.69 Å². The summed E-state index contributed by atoms with van der Waals surface area (Å²) in [4.78, 5) is 22.5. The van der Waals surface area contributed by atoms with E-state index in [9.17, 15) is 9.90 Å². The Morgan fingerprint density at radius 3 is 2.77 bits per heavy atom. The van der Waals surface area contributed by atoms with E-state index in [4.69, 9.17) is 9.72 Å². The predicted octanol–water partition coefficient (Wildman–Crippen LogP) is 2.33. The molecule has 0 amide bonds. The van der Waals surface area contributed by atoms with Crippen molar-refractivity contribution in [1.29, 1.82) is 0 Å². The van der Waals surface area contributed by atoms with E-state index < -0.39 is 6.10 Å². The molecule has 6 heteroatoms. The van der Waals surface area contributed by atoms with Gasteiger partial charge in [0, 0.05) is 32.5 Å². The van der Waals surface area contributed by atoms with E-state index in [1.165, 1.54) is 0 Å². The number of aliphatic hydroxyl groups excluding tert-OH is 1. The van der Waals surface area contributed by atoms with Crippen LogP contribution in [0.1, 0.15) is 28.2 Å². The normalized spacial score (nSPS) is 14.9. The van der Waals surface area contributed by atoms with E-state index >= 15 is 0 Å². The van der Waals surface area contributed by atoms with Crippen molar-refractivity contribution in [3.8, 4) is 5.75 Å². The molecule has 6 nitrogen and oxygen atoms in total. The molecule has 0 aliphatic carbocycles. The minimum atomic E-state index is -0.465. The largest absolute Gasteiger partial charge is 0.497 e. The zero-order valence-electron chi connectivity index (χ0n) is 17.2. The summed E-state index contributed by atoms with van der Waals surface area (Å²) in [6.45, 7) is 1.84. The lowest BCUT2D eigenvalue weighted by Crippen LogP contribution is -2.40. The van der Waals surface area contributed by atoms with Gasteiger partial charge in [-0.1, -0.05) is 42.5 Å². The molecule has 2 heterocycles. The number of aromatic amines is 1. The van der Waals surface area contributed by atoms with Crippen LogP contribution in [0, 0.1) is 0 Å². The van der Waals surface area contributed by atoms with E-state index in [1.807, 2.05) is 54.6 Å². The Balaban J connectivity index is 1.42. The van der Waals surface area contributed by atoms with Crippen LogP contribution in [0.25, 0.3) is 0 Å².